The van der Waals surface area contributed by atoms with Crippen LogP contribution in [0.2, 0.25) is 0 Å². The fourth-order valence-corrected chi connectivity index (χ4v) is 1.76. The van der Waals surface area contributed by atoms with Gasteiger partial charge in [0.25, 0.3) is 0 Å². The minimum absolute atomic E-state index is 0.323. The first kappa shape index (κ1) is 9.44. The molecule has 0 spiro atoms. The molecule has 1 aromatic rings. The Bertz CT molecular complexity index is 301. The van der Waals surface area contributed by atoms with Crippen LogP contribution in [0.4, 0.5) is 5.95 Å². The van der Waals surface area contributed by atoms with Crippen LogP contribution >= 0.6 is 0 Å². The van der Waals surface area contributed by atoms with E-state index in [9.17, 15) is 0 Å². The Hall–Kier alpha value is -1.12. The number of aryl methyl sites for hydroxylation is 1. The number of anilines is 1. The fourth-order valence-electron chi connectivity index (χ4n) is 1.76. The van der Waals surface area contributed by atoms with E-state index in [0.29, 0.717) is 5.54 Å². The third kappa shape index (κ3) is 2.03. The Morgan fingerprint density at radius 3 is 2.50 bits per heavy atom. The highest BCUT2D eigenvalue weighted by molar-refractivity contribution is 5.33. The zero-order valence-corrected chi connectivity index (χ0v) is 8.88. The lowest BCUT2D eigenvalue weighted by Crippen LogP contribution is -2.22. The first-order valence-corrected chi connectivity index (χ1v) is 5.31. The van der Waals surface area contributed by atoms with Gasteiger partial charge in [0, 0.05) is 17.9 Å². The highest BCUT2D eigenvalue weighted by Gasteiger charge is 2.41. The second kappa shape index (κ2) is 3.56. The van der Waals surface area contributed by atoms with Gasteiger partial charge < -0.3 is 5.32 Å². The molecule has 1 fully saturated rings. The maximum Gasteiger partial charge on any atom is 0.223 e. The molecule has 1 heterocycles. The summed E-state index contributed by atoms with van der Waals surface area (Å²) < 4.78 is 0. The molecule has 0 aliphatic heterocycles. The summed E-state index contributed by atoms with van der Waals surface area (Å²) in [6.45, 7) is 4.22. The van der Waals surface area contributed by atoms with Crippen molar-refractivity contribution in [2.45, 2.75) is 45.1 Å². The van der Waals surface area contributed by atoms with Gasteiger partial charge in [-0.2, -0.15) is 0 Å². The van der Waals surface area contributed by atoms with Crippen molar-refractivity contribution >= 4 is 5.95 Å². The number of aromatic nitrogens is 2. The lowest BCUT2D eigenvalue weighted by molar-refractivity contribution is 0.633. The highest BCUT2D eigenvalue weighted by Crippen LogP contribution is 2.41. The number of hydrogen-bond acceptors (Lipinski definition) is 3. The summed E-state index contributed by atoms with van der Waals surface area (Å²) in [5.74, 6) is 0.779. The highest BCUT2D eigenvalue weighted by atomic mass is 15.2. The monoisotopic (exact) mass is 191 g/mol. The molecule has 3 nitrogen and oxygen atoms in total. The molecular formula is C11H17N3. The molecule has 0 amide bonds. The molecule has 14 heavy (non-hydrogen) atoms. The summed E-state index contributed by atoms with van der Waals surface area (Å²) in [5.41, 5.74) is 1.43. The van der Waals surface area contributed by atoms with Gasteiger partial charge in [-0.3, -0.25) is 0 Å². The Morgan fingerprint density at radius 2 is 2.00 bits per heavy atom. The molecule has 1 saturated carbocycles. The van der Waals surface area contributed by atoms with E-state index < -0.39 is 0 Å². The molecule has 0 unspecified atom stereocenters. The standard InChI is InChI=1S/C11H17N3/c1-3-4-11(5-6-11)14-10-12-7-9(2)8-13-10/h7-8H,3-6H2,1-2H3,(H,12,13,14). The molecule has 1 aliphatic carbocycles. The minimum Gasteiger partial charge on any atom is -0.349 e. The van der Waals surface area contributed by atoms with Crippen molar-refractivity contribution < 1.29 is 0 Å². The normalized spacial score (nSPS) is 17.9. The van der Waals surface area contributed by atoms with E-state index >= 15 is 0 Å². The number of nitrogens with zero attached hydrogens (tertiary/aromatic N) is 2. The maximum absolute atomic E-state index is 4.26. The molecule has 0 radical (unpaired) electrons. The van der Waals surface area contributed by atoms with Crippen LogP contribution in [-0.4, -0.2) is 15.5 Å². The minimum atomic E-state index is 0.323. The number of rotatable bonds is 4. The Morgan fingerprint density at radius 1 is 1.36 bits per heavy atom. The van der Waals surface area contributed by atoms with Crippen molar-refractivity contribution in [3.8, 4) is 0 Å². The summed E-state index contributed by atoms with van der Waals surface area (Å²) in [6.07, 6.45) is 8.69. The quantitative estimate of drug-likeness (QED) is 0.794. The number of hydrogen-bond donors (Lipinski definition) is 1. The Labute approximate surface area is 85.0 Å². The van der Waals surface area contributed by atoms with Crippen LogP contribution < -0.4 is 5.32 Å². The van der Waals surface area contributed by atoms with Crippen LogP contribution in [0.15, 0.2) is 12.4 Å². The van der Waals surface area contributed by atoms with Crippen LogP contribution in [-0.2, 0) is 0 Å². The first-order valence-electron chi connectivity index (χ1n) is 5.31. The molecule has 0 atom stereocenters. The smallest absolute Gasteiger partial charge is 0.223 e. The van der Waals surface area contributed by atoms with Gasteiger partial charge in [0.05, 0.1) is 0 Å². The maximum atomic E-state index is 4.26. The van der Waals surface area contributed by atoms with Crippen molar-refractivity contribution in [2.24, 2.45) is 0 Å². The number of nitrogens with one attached hydrogen (secondary N) is 1. The van der Waals surface area contributed by atoms with E-state index in [4.69, 9.17) is 0 Å². The molecule has 0 saturated heterocycles. The largest absolute Gasteiger partial charge is 0.349 e. The first-order chi connectivity index (χ1) is 6.74. The van der Waals surface area contributed by atoms with Crippen LogP contribution in [0.3, 0.4) is 0 Å². The second-order valence-electron chi connectivity index (χ2n) is 4.24. The van der Waals surface area contributed by atoms with Crippen molar-refractivity contribution in [2.75, 3.05) is 5.32 Å². The zero-order chi connectivity index (χ0) is 10.0. The molecule has 1 aliphatic rings. The van der Waals surface area contributed by atoms with Crippen molar-refractivity contribution in [3.63, 3.8) is 0 Å². The molecule has 0 bridgehead atoms. The zero-order valence-electron chi connectivity index (χ0n) is 8.88. The van der Waals surface area contributed by atoms with Crippen molar-refractivity contribution in [1.29, 1.82) is 0 Å². The third-order valence-corrected chi connectivity index (χ3v) is 2.74. The second-order valence-corrected chi connectivity index (χ2v) is 4.24. The van der Waals surface area contributed by atoms with E-state index in [0.717, 1.165) is 11.5 Å². The summed E-state index contributed by atoms with van der Waals surface area (Å²) in [5, 5.41) is 3.44. The predicted octanol–water partition coefficient (Wildman–Crippen LogP) is 2.53. The third-order valence-electron chi connectivity index (χ3n) is 2.74. The van der Waals surface area contributed by atoms with E-state index in [1.807, 2.05) is 19.3 Å². The summed E-state index contributed by atoms with van der Waals surface area (Å²) >= 11 is 0. The van der Waals surface area contributed by atoms with E-state index in [1.54, 1.807) is 0 Å². The predicted molar refractivity (Wildman–Crippen MR) is 57.3 cm³/mol. The Kier molecular flexibility index (Phi) is 2.40. The van der Waals surface area contributed by atoms with Crippen LogP contribution in [0, 0.1) is 6.92 Å². The molecule has 1 N–H and O–H groups in total. The molecule has 1 aromatic heterocycles. The molecule has 2 rings (SSSR count). The molecule has 3 heteroatoms. The lowest BCUT2D eigenvalue weighted by atomic mass is 10.1. The van der Waals surface area contributed by atoms with Gasteiger partial charge in [-0.05, 0) is 31.7 Å². The summed E-state index contributed by atoms with van der Waals surface area (Å²) in [6, 6.07) is 0. The van der Waals surface area contributed by atoms with Crippen LogP contribution in [0.1, 0.15) is 38.2 Å². The van der Waals surface area contributed by atoms with E-state index in [1.165, 1.54) is 25.7 Å². The summed E-state index contributed by atoms with van der Waals surface area (Å²) in [4.78, 5) is 8.53. The topological polar surface area (TPSA) is 37.8 Å². The molecular weight excluding hydrogens is 174 g/mol. The Balaban J connectivity index is 2.00. The summed E-state index contributed by atoms with van der Waals surface area (Å²) in [7, 11) is 0. The van der Waals surface area contributed by atoms with Gasteiger partial charge in [-0.25, -0.2) is 9.97 Å². The van der Waals surface area contributed by atoms with E-state index in [2.05, 4.69) is 22.2 Å². The fraction of sp³-hybridized carbons (Fsp3) is 0.636. The van der Waals surface area contributed by atoms with Crippen LogP contribution in [0.25, 0.3) is 0 Å². The average molecular weight is 191 g/mol. The van der Waals surface area contributed by atoms with Crippen LogP contribution in [0.5, 0.6) is 0 Å². The van der Waals surface area contributed by atoms with Gasteiger partial charge >= 0.3 is 0 Å². The van der Waals surface area contributed by atoms with Gasteiger partial charge in [0.2, 0.25) is 5.95 Å². The average Bonchev–Trinajstić information content (AvgIpc) is 2.90. The molecule has 76 valence electrons. The van der Waals surface area contributed by atoms with Crippen molar-refractivity contribution in [1.82, 2.24) is 9.97 Å². The van der Waals surface area contributed by atoms with Gasteiger partial charge in [0.15, 0.2) is 0 Å². The lowest BCUT2D eigenvalue weighted by Gasteiger charge is -2.15. The SMILES string of the molecule is CCCC1(Nc2ncc(C)cn2)CC1. The van der Waals surface area contributed by atoms with Gasteiger partial charge in [-0.15, -0.1) is 0 Å². The van der Waals surface area contributed by atoms with Gasteiger partial charge in [-0.1, -0.05) is 13.3 Å². The van der Waals surface area contributed by atoms with Crippen molar-refractivity contribution in [3.05, 3.63) is 18.0 Å². The van der Waals surface area contributed by atoms with E-state index in [-0.39, 0.29) is 0 Å². The van der Waals surface area contributed by atoms with Gasteiger partial charge in [0.1, 0.15) is 0 Å². The molecule has 0 aromatic carbocycles.